The van der Waals surface area contributed by atoms with Crippen molar-refractivity contribution in [2.45, 2.75) is 32.4 Å². The van der Waals surface area contributed by atoms with Gasteiger partial charge in [0.15, 0.2) is 5.78 Å². The van der Waals surface area contributed by atoms with Crippen LogP contribution in [0.5, 0.6) is 0 Å². The summed E-state index contributed by atoms with van der Waals surface area (Å²) in [4.78, 5) is 14.3. The molecule has 3 nitrogen and oxygen atoms in total. The third kappa shape index (κ3) is 3.38. The van der Waals surface area contributed by atoms with Crippen LogP contribution in [0.2, 0.25) is 0 Å². The van der Waals surface area contributed by atoms with Crippen molar-refractivity contribution in [2.75, 3.05) is 13.7 Å². The van der Waals surface area contributed by atoms with Crippen molar-refractivity contribution in [3.63, 3.8) is 0 Å². The normalized spacial score (nSPS) is 14.6. The van der Waals surface area contributed by atoms with Crippen molar-refractivity contribution in [2.24, 2.45) is 0 Å². The van der Waals surface area contributed by atoms with Crippen molar-refractivity contribution in [1.82, 2.24) is 4.90 Å². The molecule has 0 aliphatic carbocycles. The van der Waals surface area contributed by atoms with E-state index in [1.165, 1.54) is 0 Å². The lowest BCUT2D eigenvalue weighted by molar-refractivity contribution is 0.0726. The van der Waals surface area contributed by atoms with Crippen LogP contribution in [0.1, 0.15) is 30.6 Å². The highest BCUT2D eigenvalue weighted by Crippen LogP contribution is 2.13. The zero-order valence-corrected chi connectivity index (χ0v) is 10.8. The van der Waals surface area contributed by atoms with Gasteiger partial charge in [0, 0.05) is 11.6 Å². The highest BCUT2D eigenvalue weighted by molar-refractivity contribution is 6.00. The summed E-state index contributed by atoms with van der Waals surface area (Å²) < 4.78 is 0. The molecule has 0 aliphatic heterocycles. The Labute approximate surface area is 103 Å². The van der Waals surface area contributed by atoms with Crippen molar-refractivity contribution in [3.05, 3.63) is 35.9 Å². The fourth-order valence-electron chi connectivity index (χ4n) is 1.89. The number of Topliss-reactive ketones (excluding diaryl/α,β-unsaturated/α-hetero) is 1. The van der Waals surface area contributed by atoms with Gasteiger partial charge in [-0.25, -0.2) is 0 Å². The molecule has 94 valence electrons. The van der Waals surface area contributed by atoms with Gasteiger partial charge in [-0.3, -0.25) is 9.69 Å². The molecule has 0 bridgehead atoms. The van der Waals surface area contributed by atoms with Gasteiger partial charge in [0.1, 0.15) is 0 Å². The number of aliphatic hydroxyl groups excluding tert-OH is 1. The highest BCUT2D eigenvalue weighted by atomic mass is 16.3. The Morgan fingerprint density at radius 1 is 1.35 bits per heavy atom. The van der Waals surface area contributed by atoms with Gasteiger partial charge in [0.2, 0.25) is 0 Å². The molecule has 0 aromatic heterocycles. The summed E-state index contributed by atoms with van der Waals surface area (Å²) in [6, 6.07) is 9.14. The smallest absolute Gasteiger partial charge is 0.179 e. The number of hydrogen-bond donors (Lipinski definition) is 1. The van der Waals surface area contributed by atoms with Crippen LogP contribution in [0.4, 0.5) is 0 Å². The lowest BCUT2D eigenvalue weighted by Crippen LogP contribution is -2.44. The molecule has 0 aliphatic rings. The number of carbonyl (C=O) groups is 1. The van der Waals surface area contributed by atoms with Crippen LogP contribution in [-0.4, -0.2) is 41.5 Å². The fraction of sp³-hybridized carbons (Fsp3) is 0.500. The maximum absolute atomic E-state index is 12.3. The molecule has 1 aromatic rings. The molecule has 0 saturated carbocycles. The minimum Gasteiger partial charge on any atom is -0.395 e. The van der Waals surface area contributed by atoms with Gasteiger partial charge >= 0.3 is 0 Å². The van der Waals surface area contributed by atoms with Crippen molar-refractivity contribution >= 4 is 5.78 Å². The van der Waals surface area contributed by atoms with E-state index in [4.69, 9.17) is 5.11 Å². The van der Waals surface area contributed by atoms with Crippen LogP contribution >= 0.6 is 0 Å². The lowest BCUT2D eigenvalue weighted by atomic mass is 10.00. The zero-order chi connectivity index (χ0) is 12.8. The number of ketones is 1. The van der Waals surface area contributed by atoms with E-state index in [0.717, 1.165) is 12.0 Å². The molecule has 17 heavy (non-hydrogen) atoms. The maximum Gasteiger partial charge on any atom is 0.179 e. The topological polar surface area (TPSA) is 40.5 Å². The summed E-state index contributed by atoms with van der Waals surface area (Å²) in [6.45, 7) is 3.97. The van der Waals surface area contributed by atoms with Gasteiger partial charge in [0.25, 0.3) is 0 Å². The monoisotopic (exact) mass is 235 g/mol. The largest absolute Gasteiger partial charge is 0.395 e. The third-order valence-electron chi connectivity index (χ3n) is 3.20. The van der Waals surface area contributed by atoms with E-state index in [9.17, 15) is 4.79 Å². The van der Waals surface area contributed by atoms with Crippen LogP contribution in [0.3, 0.4) is 0 Å². The maximum atomic E-state index is 12.3. The Kier molecular flexibility index (Phi) is 5.32. The second-order valence-electron chi connectivity index (χ2n) is 4.35. The van der Waals surface area contributed by atoms with Crippen molar-refractivity contribution < 1.29 is 9.90 Å². The lowest BCUT2D eigenvalue weighted by Gasteiger charge is -2.30. The Bertz CT molecular complexity index is 350. The van der Waals surface area contributed by atoms with Crippen LogP contribution in [-0.2, 0) is 0 Å². The second kappa shape index (κ2) is 6.52. The number of likely N-dealkylation sites (N-methyl/N-ethyl adjacent to an activating group) is 1. The molecule has 0 fully saturated rings. The number of benzene rings is 1. The molecular formula is C14H21NO2. The average molecular weight is 235 g/mol. The molecule has 1 rings (SSSR count). The Balaban J connectivity index is 2.84. The highest BCUT2D eigenvalue weighted by Gasteiger charge is 2.25. The molecule has 0 spiro atoms. The van der Waals surface area contributed by atoms with Crippen LogP contribution in [0.15, 0.2) is 30.3 Å². The molecule has 1 N–H and O–H groups in total. The van der Waals surface area contributed by atoms with Gasteiger partial charge in [-0.05, 0) is 20.4 Å². The predicted molar refractivity (Wildman–Crippen MR) is 69.2 cm³/mol. The van der Waals surface area contributed by atoms with E-state index >= 15 is 0 Å². The number of rotatable bonds is 6. The van der Waals surface area contributed by atoms with Crippen LogP contribution in [0.25, 0.3) is 0 Å². The van der Waals surface area contributed by atoms with Gasteiger partial charge in [0.05, 0.1) is 12.6 Å². The van der Waals surface area contributed by atoms with E-state index < -0.39 is 0 Å². The van der Waals surface area contributed by atoms with E-state index in [0.29, 0.717) is 0 Å². The van der Waals surface area contributed by atoms with Gasteiger partial charge in [-0.15, -0.1) is 0 Å². The predicted octanol–water partition coefficient (Wildman–Crippen LogP) is 1.96. The minimum atomic E-state index is -0.167. The first-order chi connectivity index (χ1) is 8.11. The van der Waals surface area contributed by atoms with Gasteiger partial charge in [-0.2, -0.15) is 0 Å². The molecule has 2 atom stereocenters. The van der Waals surface area contributed by atoms with Gasteiger partial charge in [-0.1, -0.05) is 37.3 Å². The molecular weight excluding hydrogens is 214 g/mol. The quantitative estimate of drug-likeness (QED) is 0.766. The van der Waals surface area contributed by atoms with Crippen molar-refractivity contribution in [3.8, 4) is 0 Å². The summed E-state index contributed by atoms with van der Waals surface area (Å²) in [5.74, 6) is 0.121. The molecule has 0 saturated heterocycles. The Morgan fingerprint density at radius 3 is 2.41 bits per heavy atom. The molecule has 1 aromatic carbocycles. The first-order valence-electron chi connectivity index (χ1n) is 6.03. The average Bonchev–Trinajstić information content (AvgIpc) is 2.39. The second-order valence-corrected chi connectivity index (χ2v) is 4.35. The Hall–Kier alpha value is -1.19. The summed E-state index contributed by atoms with van der Waals surface area (Å²) in [6.07, 6.45) is 0.745. The Morgan fingerprint density at radius 2 is 1.94 bits per heavy atom. The van der Waals surface area contributed by atoms with Gasteiger partial charge < -0.3 is 5.11 Å². The molecule has 0 radical (unpaired) electrons. The number of aliphatic hydroxyl groups is 1. The summed E-state index contributed by atoms with van der Waals surface area (Å²) in [5, 5.41) is 9.15. The fourth-order valence-corrected chi connectivity index (χ4v) is 1.89. The first-order valence-corrected chi connectivity index (χ1v) is 6.03. The van der Waals surface area contributed by atoms with E-state index in [1.807, 2.05) is 56.1 Å². The number of hydrogen-bond acceptors (Lipinski definition) is 3. The van der Waals surface area contributed by atoms with Crippen LogP contribution in [0, 0.1) is 0 Å². The summed E-state index contributed by atoms with van der Waals surface area (Å²) in [5.41, 5.74) is 0.733. The zero-order valence-electron chi connectivity index (χ0n) is 10.8. The number of nitrogens with zero attached hydrogens (tertiary/aromatic N) is 1. The van der Waals surface area contributed by atoms with E-state index in [2.05, 4.69) is 0 Å². The molecule has 0 heterocycles. The number of carbonyl (C=O) groups excluding carboxylic acids is 1. The van der Waals surface area contributed by atoms with Crippen LogP contribution < -0.4 is 0 Å². The van der Waals surface area contributed by atoms with E-state index in [-0.39, 0.29) is 24.5 Å². The van der Waals surface area contributed by atoms with E-state index in [1.54, 1.807) is 0 Å². The molecule has 2 unspecified atom stereocenters. The SMILES string of the molecule is CCC(C(=O)c1ccccc1)N(C)C(C)CO. The summed E-state index contributed by atoms with van der Waals surface area (Å²) in [7, 11) is 1.88. The summed E-state index contributed by atoms with van der Waals surface area (Å²) >= 11 is 0. The molecule has 3 heteroatoms. The third-order valence-corrected chi connectivity index (χ3v) is 3.20. The first kappa shape index (κ1) is 13.9. The minimum absolute atomic E-state index is 0.00684. The van der Waals surface area contributed by atoms with Crippen molar-refractivity contribution in [1.29, 1.82) is 0 Å². The molecule has 0 amide bonds. The standard InChI is InChI=1S/C14H21NO2/c1-4-13(15(3)11(2)10-16)14(17)12-8-6-5-7-9-12/h5-9,11,13,16H,4,10H2,1-3H3.